The highest BCUT2D eigenvalue weighted by Crippen LogP contribution is 2.48. The molecule has 1 aliphatic rings. The monoisotopic (exact) mass is 371 g/mol. The Morgan fingerprint density at radius 1 is 0.893 bits per heavy atom. The molecule has 0 saturated heterocycles. The Hall–Kier alpha value is -3.68. The van der Waals surface area contributed by atoms with Crippen molar-refractivity contribution >= 4 is 5.95 Å². The van der Waals surface area contributed by atoms with Crippen molar-refractivity contribution in [2.75, 3.05) is 5.73 Å². The number of rotatable bonds is 4. The Morgan fingerprint density at radius 2 is 1.68 bits per heavy atom. The molecule has 28 heavy (non-hydrogen) atoms. The molecule has 4 aromatic heterocycles. The number of anilines is 1. The Bertz CT molecular complexity index is 1090. The topological polar surface area (TPSA) is 116 Å². The van der Waals surface area contributed by atoms with E-state index in [1.165, 1.54) is 0 Å². The van der Waals surface area contributed by atoms with Crippen molar-refractivity contribution < 1.29 is 4.52 Å². The van der Waals surface area contributed by atoms with E-state index in [1.807, 2.05) is 24.4 Å². The Morgan fingerprint density at radius 3 is 2.32 bits per heavy atom. The summed E-state index contributed by atoms with van der Waals surface area (Å²) in [7, 11) is 0. The largest absolute Gasteiger partial charge is 0.368 e. The van der Waals surface area contributed by atoms with Gasteiger partial charge in [-0.25, -0.2) is 9.97 Å². The number of nitrogens with zero attached hydrogens (tertiary/aromatic N) is 6. The molecule has 1 aliphatic carbocycles. The van der Waals surface area contributed by atoms with Gasteiger partial charge >= 0.3 is 0 Å². The second-order valence-electron chi connectivity index (χ2n) is 6.86. The summed E-state index contributed by atoms with van der Waals surface area (Å²) in [5.74, 6) is 1.46. The van der Waals surface area contributed by atoms with Gasteiger partial charge in [0.1, 0.15) is 0 Å². The van der Waals surface area contributed by atoms with Crippen LogP contribution < -0.4 is 5.73 Å². The van der Waals surface area contributed by atoms with Crippen LogP contribution in [-0.2, 0) is 5.41 Å². The predicted octanol–water partition coefficient (Wildman–Crippen LogP) is 3.04. The smallest absolute Gasteiger partial charge is 0.258 e. The van der Waals surface area contributed by atoms with E-state index in [2.05, 4.69) is 36.1 Å². The maximum Gasteiger partial charge on any atom is 0.258 e. The van der Waals surface area contributed by atoms with E-state index in [9.17, 15) is 0 Å². The van der Waals surface area contributed by atoms with Crippen LogP contribution in [-0.4, -0.2) is 30.1 Å². The minimum Gasteiger partial charge on any atom is -0.368 e. The van der Waals surface area contributed by atoms with Crippen molar-refractivity contribution in [3.63, 3.8) is 0 Å². The molecule has 2 N–H and O–H groups in total. The first-order valence-corrected chi connectivity index (χ1v) is 9.04. The molecule has 0 amide bonds. The lowest BCUT2D eigenvalue weighted by Gasteiger charge is -2.39. The molecule has 4 heterocycles. The van der Waals surface area contributed by atoms with Crippen LogP contribution in [0.4, 0.5) is 5.95 Å². The van der Waals surface area contributed by atoms with Gasteiger partial charge in [0.2, 0.25) is 5.95 Å². The first-order valence-electron chi connectivity index (χ1n) is 9.04. The molecular weight excluding hydrogens is 354 g/mol. The van der Waals surface area contributed by atoms with Crippen LogP contribution in [0.3, 0.4) is 0 Å². The molecule has 1 fully saturated rings. The lowest BCUT2D eigenvalue weighted by molar-refractivity contribution is 0.272. The molecule has 0 unspecified atom stereocenters. The fourth-order valence-electron chi connectivity index (χ4n) is 3.52. The van der Waals surface area contributed by atoms with Crippen molar-refractivity contribution in [3.8, 4) is 22.7 Å². The summed E-state index contributed by atoms with van der Waals surface area (Å²) >= 11 is 0. The lowest BCUT2D eigenvalue weighted by Crippen LogP contribution is -2.36. The molecule has 4 aromatic rings. The zero-order valence-corrected chi connectivity index (χ0v) is 15.0. The zero-order valence-electron chi connectivity index (χ0n) is 15.0. The average Bonchev–Trinajstić information content (AvgIpc) is 3.19. The molecule has 0 spiro atoms. The fraction of sp³-hybridized carbons (Fsp3) is 0.200. The summed E-state index contributed by atoms with van der Waals surface area (Å²) < 4.78 is 5.52. The highest BCUT2D eigenvalue weighted by atomic mass is 16.5. The number of nitrogen functional groups attached to an aromatic ring is 1. The SMILES string of the molecule is Nc1ncc(-c2ccc(C3(c4noc(-c5ccncc5)n4)CCC3)cn2)cn1. The normalized spacial score (nSPS) is 15.1. The van der Waals surface area contributed by atoms with Gasteiger partial charge in [0.15, 0.2) is 5.82 Å². The van der Waals surface area contributed by atoms with E-state index >= 15 is 0 Å². The van der Waals surface area contributed by atoms with Crippen molar-refractivity contribution in [1.29, 1.82) is 0 Å². The Balaban J connectivity index is 1.47. The highest BCUT2D eigenvalue weighted by molar-refractivity contribution is 5.58. The van der Waals surface area contributed by atoms with E-state index in [-0.39, 0.29) is 11.4 Å². The Labute approximate surface area is 160 Å². The first kappa shape index (κ1) is 16.5. The molecule has 0 radical (unpaired) electrons. The van der Waals surface area contributed by atoms with Gasteiger partial charge in [0.25, 0.3) is 5.89 Å². The highest BCUT2D eigenvalue weighted by Gasteiger charge is 2.44. The summed E-state index contributed by atoms with van der Waals surface area (Å²) in [6.45, 7) is 0. The van der Waals surface area contributed by atoms with Gasteiger partial charge in [-0.2, -0.15) is 4.98 Å². The second-order valence-corrected chi connectivity index (χ2v) is 6.86. The van der Waals surface area contributed by atoms with Crippen LogP contribution in [0.2, 0.25) is 0 Å². The number of hydrogen-bond acceptors (Lipinski definition) is 8. The fourth-order valence-corrected chi connectivity index (χ4v) is 3.52. The second kappa shape index (κ2) is 6.49. The molecule has 5 rings (SSSR count). The average molecular weight is 371 g/mol. The van der Waals surface area contributed by atoms with Crippen molar-refractivity contribution in [2.24, 2.45) is 0 Å². The van der Waals surface area contributed by atoms with Crippen LogP contribution in [0.15, 0.2) is 59.8 Å². The van der Waals surface area contributed by atoms with Crippen LogP contribution in [0, 0.1) is 0 Å². The molecule has 138 valence electrons. The van der Waals surface area contributed by atoms with Gasteiger partial charge in [0, 0.05) is 42.1 Å². The number of aromatic nitrogens is 6. The van der Waals surface area contributed by atoms with Crippen LogP contribution in [0.25, 0.3) is 22.7 Å². The third kappa shape index (κ3) is 2.70. The summed E-state index contributed by atoms with van der Waals surface area (Å²) in [5.41, 5.74) is 8.86. The quantitative estimate of drug-likeness (QED) is 0.582. The van der Waals surface area contributed by atoms with E-state index in [4.69, 9.17) is 10.3 Å². The maximum atomic E-state index is 5.55. The molecule has 8 heteroatoms. The van der Waals surface area contributed by atoms with Gasteiger partial charge in [-0.15, -0.1) is 0 Å². The molecule has 8 nitrogen and oxygen atoms in total. The third-order valence-corrected chi connectivity index (χ3v) is 5.27. The van der Waals surface area contributed by atoms with E-state index in [0.29, 0.717) is 11.7 Å². The van der Waals surface area contributed by atoms with Crippen molar-refractivity contribution in [3.05, 3.63) is 66.6 Å². The van der Waals surface area contributed by atoms with E-state index in [1.54, 1.807) is 24.8 Å². The van der Waals surface area contributed by atoms with Gasteiger partial charge in [-0.1, -0.05) is 17.6 Å². The van der Waals surface area contributed by atoms with Gasteiger partial charge in [0.05, 0.1) is 11.1 Å². The Kier molecular flexibility index (Phi) is 3.82. The van der Waals surface area contributed by atoms with E-state index in [0.717, 1.165) is 41.6 Å². The zero-order chi connectivity index (χ0) is 19.0. The van der Waals surface area contributed by atoms with Gasteiger partial charge in [-0.3, -0.25) is 9.97 Å². The summed E-state index contributed by atoms with van der Waals surface area (Å²) in [4.78, 5) is 21.3. The number of nitrogens with two attached hydrogens (primary N) is 1. The van der Waals surface area contributed by atoms with Crippen LogP contribution >= 0.6 is 0 Å². The van der Waals surface area contributed by atoms with Crippen molar-refractivity contribution in [2.45, 2.75) is 24.7 Å². The van der Waals surface area contributed by atoms with Gasteiger partial charge in [-0.05, 0) is 36.6 Å². The van der Waals surface area contributed by atoms with E-state index < -0.39 is 0 Å². The predicted molar refractivity (Wildman–Crippen MR) is 102 cm³/mol. The van der Waals surface area contributed by atoms with Crippen molar-refractivity contribution in [1.82, 2.24) is 30.1 Å². The van der Waals surface area contributed by atoms with Crippen LogP contribution in [0.1, 0.15) is 30.7 Å². The molecule has 0 aromatic carbocycles. The summed E-state index contributed by atoms with van der Waals surface area (Å²) in [6, 6.07) is 7.75. The first-order chi connectivity index (χ1) is 13.7. The maximum absolute atomic E-state index is 5.55. The molecule has 0 aliphatic heterocycles. The minimum atomic E-state index is -0.252. The van der Waals surface area contributed by atoms with Gasteiger partial charge < -0.3 is 10.3 Å². The summed E-state index contributed by atoms with van der Waals surface area (Å²) in [5, 5.41) is 4.29. The third-order valence-electron chi connectivity index (χ3n) is 5.27. The molecule has 0 atom stereocenters. The number of hydrogen-bond donors (Lipinski definition) is 1. The summed E-state index contributed by atoms with van der Waals surface area (Å²) in [6.07, 6.45) is 11.7. The van der Waals surface area contributed by atoms with Crippen LogP contribution in [0.5, 0.6) is 0 Å². The number of pyridine rings is 2. The lowest BCUT2D eigenvalue weighted by atomic mass is 9.64. The minimum absolute atomic E-state index is 0.246. The molecular formula is C20H17N7O. The molecule has 0 bridgehead atoms. The molecule has 1 saturated carbocycles. The standard InChI is InChI=1S/C20H17N7O/c21-19-24-10-14(11-25-19)16-3-2-15(12-23-16)20(6-1-7-20)18-26-17(28-27-18)13-4-8-22-9-5-13/h2-5,8-12H,1,6-7H2,(H2,21,24,25).